The van der Waals surface area contributed by atoms with E-state index in [1.54, 1.807) is 35.8 Å². The van der Waals surface area contributed by atoms with Gasteiger partial charge in [-0.15, -0.1) is 0 Å². The van der Waals surface area contributed by atoms with Crippen LogP contribution in [0.2, 0.25) is 0 Å². The Hall–Kier alpha value is -2.69. The van der Waals surface area contributed by atoms with E-state index in [1.807, 2.05) is 0 Å². The first-order valence-corrected chi connectivity index (χ1v) is 7.54. The third kappa shape index (κ3) is 3.98. The van der Waals surface area contributed by atoms with Crippen LogP contribution in [0, 0.1) is 10.1 Å². The zero-order chi connectivity index (χ0) is 17.7. The Bertz CT molecular complexity index is 602. The van der Waals surface area contributed by atoms with E-state index in [-0.39, 0.29) is 23.4 Å². The van der Waals surface area contributed by atoms with Crippen molar-refractivity contribution in [2.24, 2.45) is 0 Å². The minimum absolute atomic E-state index is 0.128. The Morgan fingerprint density at radius 2 is 2.04 bits per heavy atom. The Morgan fingerprint density at radius 1 is 1.38 bits per heavy atom. The molecule has 11 nitrogen and oxygen atoms in total. The van der Waals surface area contributed by atoms with Crippen LogP contribution in [0.3, 0.4) is 0 Å². The first-order chi connectivity index (χ1) is 11.4. The molecule has 0 bridgehead atoms. The fourth-order valence-corrected chi connectivity index (χ4v) is 2.38. The molecule has 11 heteroatoms. The summed E-state index contributed by atoms with van der Waals surface area (Å²) in [6.45, 7) is 3.75. The van der Waals surface area contributed by atoms with Gasteiger partial charge in [-0.1, -0.05) is 0 Å². The van der Waals surface area contributed by atoms with E-state index in [4.69, 9.17) is 4.74 Å². The van der Waals surface area contributed by atoms with Crippen LogP contribution in [0.1, 0.15) is 6.92 Å². The average Bonchev–Trinajstić information content (AvgIpc) is 2.54. The van der Waals surface area contributed by atoms with E-state index >= 15 is 0 Å². The number of nitrogens with zero attached hydrogens (tertiary/aromatic N) is 6. The van der Waals surface area contributed by atoms with Crippen LogP contribution >= 0.6 is 0 Å². The third-order valence-corrected chi connectivity index (χ3v) is 3.42. The van der Waals surface area contributed by atoms with E-state index in [9.17, 15) is 14.9 Å². The second-order valence-electron chi connectivity index (χ2n) is 5.33. The smallest absolute Gasteiger partial charge is 0.409 e. The summed E-state index contributed by atoms with van der Waals surface area (Å²) in [6.07, 6.45) is 0.913. The fourth-order valence-electron chi connectivity index (χ4n) is 2.38. The maximum Gasteiger partial charge on any atom is 0.409 e. The molecule has 0 atom stereocenters. The number of ether oxygens (including phenoxy) is 1. The van der Waals surface area contributed by atoms with Crippen LogP contribution in [-0.4, -0.2) is 77.8 Å². The Labute approximate surface area is 139 Å². The number of piperazine rings is 1. The second kappa shape index (κ2) is 7.73. The summed E-state index contributed by atoms with van der Waals surface area (Å²) in [5.41, 5.74) is 2.62. The number of carbonyl (C=O) groups is 1. The molecule has 1 fully saturated rings. The number of rotatable bonds is 5. The Morgan fingerprint density at radius 3 is 2.58 bits per heavy atom. The van der Waals surface area contributed by atoms with E-state index in [0.29, 0.717) is 32.8 Å². The van der Waals surface area contributed by atoms with Crippen molar-refractivity contribution in [3.63, 3.8) is 0 Å². The highest BCUT2D eigenvalue weighted by Gasteiger charge is 2.30. The van der Waals surface area contributed by atoms with Crippen LogP contribution < -0.4 is 10.3 Å². The van der Waals surface area contributed by atoms with E-state index < -0.39 is 4.92 Å². The molecule has 0 aromatic carbocycles. The Balaban J connectivity index is 2.18. The molecule has 0 aliphatic carbocycles. The normalized spacial score (nSPS) is 14.7. The van der Waals surface area contributed by atoms with Crippen molar-refractivity contribution in [2.45, 2.75) is 6.92 Å². The van der Waals surface area contributed by atoms with Gasteiger partial charge in [0.15, 0.2) is 0 Å². The highest BCUT2D eigenvalue weighted by atomic mass is 16.6. The molecule has 2 heterocycles. The summed E-state index contributed by atoms with van der Waals surface area (Å²) in [5.74, 6) is 0.366. The van der Waals surface area contributed by atoms with Crippen LogP contribution in [-0.2, 0) is 4.74 Å². The number of hydrazine groups is 1. The van der Waals surface area contributed by atoms with Gasteiger partial charge in [-0.2, -0.15) is 0 Å². The molecule has 2 rings (SSSR count). The molecule has 1 aromatic rings. The number of hydrogen-bond donors (Lipinski definition) is 1. The summed E-state index contributed by atoms with van der Waals surface area (Å²) in [7, 11) is 3.42. The molecule has 1 N–H and O–H groups in total. The molecule has 132 valence electrons. The van der Waals surface area contributed by atoms with Crippen molar-refractivity contribution in [2.75, 3.05) is 57.2 Å². The molecule has 0 saturated carbocycles. The molecule has 1 aromatic heterocycles. The van der Waals surface area contributed by atoms with Gasteiger partial charge < -0.3 is 14.5 Å². The molecular formula is C13H21N7O4. The minimum Gasteiger partial charge on any atom is -0.450 e. The minimum atomic E-state index is -0.501. The highest BCUT2D eigenvalue weighted by molar-refractivity contribution is 5.71. The van der Waals surface area contributed by atoms with Gasteiger partial charge in [-0.05, 0) is 6.92 Å². The fraction of sp³-hybridized carbons (Fsp3) is 0.615. The summed E-state index contributed by atoms with van der Waals surface area (Å²) in [4.78, 5) is 34.1. The molecule has 1 aliphatic rings. The first kappa shape index (κ1) is 17.7. The van der Waals surface area contributed by atoms with Crippen LogP contribution in [0.5, 0.6) is 0 Å². The summed E-state index contributed by atoms with van der Waals surface area (Å²) < 4.78 is 4.97. The van der Waals surface area contributed by atoms with E-state index in [1.165, 1.54) is 6.33 Å². The van der Waals surface area contributed by atoms with Crippen molar-refractivity contribution in [3.05, 3.63) is 16.4 Å². The number of amides is 1. The molecule has 1 aliphatic heterocycles. The number of carbonyl (C=O) groups excluding carboxylic acids is 1. The maximum absolute atomic E-state index is 11.7. The summed E-state index contributed by atoms with van der Waals surface area (Å²) in [5, 5.41) is 13.0. The van der Waals surface area contributed by atoms with Gasteiger partial charge in [-0.3, -0.25) is 15.5 Å². The zero-order valence-corrected chi connectivity index (χ0v) is 13.9. The molecule has 0 radical (unpaired) electrons. The van der Waals surface area contributed by atoms with Gasteiger partial charge >= 0.3 is 11.8 Å². The third-order valence-electron chi connectivity index (χ3n) is 3.42. The maximum atomic E-state index is 11.7. The first-order valence-electron chi connectivity index (χ1n) is 7.54. The summed E-state index contributed by atoms with van der Waals surface area (Å²) >= 11 is 0. The molecule has 1 saturated heterocycles. The predicted octanol–water partition coefficient (Wildman–Crippen LogP) is 0.552. The lowest BCUT2D eigenvalue weighted by Gasteiger charge is -2.34. The van der Waals surface area contributed by atoms with Crippen molar-refractivity contribution in [1.29, 1.82) is 0 Å². The SMILES string of the molecule is CCOC(=O)N1CCN(c2ncnc(NN(C)C)c2[N+](=O)[O-])CC1. The summed E-state index contributed by atoms with van der Waals surface area (Å²) in [6, 6.07) is 0. The Kier molecular flexibility index (Phi) is 5.68. The predicted molar refractivity (Wildman–Crippen MR) is 86.8 cm³/mol. The molecule has 1 amide bonds. The average molecular weight is 339 g/mol. The lowest BCUT2D eigenvalue weighted by atomic mass is 10.3. The standard InChI is InChI=1S/C13H21N7O4/c1-4-24-13(21)19-7-5-18(6-8-19)12-10(20(22)23)11(14-9-15-12)16-17(2)3/h9H,4-8H2,1-3H3,(H,14,15,16). The van der Waals surface area contributed by atoms with Gasteiger partial charge in [0.2, 0.25) is 11.6 Å². The van der Waals surface area contributed by atoms with Gasteiger partial charge in [0, 0.05) is 40.3 Å². The topological polar surface area (TPSA) is 117 Å². The number of nitrogens with one attached hydrogen (secondary N) is 1. The van der Waals surface area contributed by atoms with Gasteiger partial charge in [0.25, 0.3) is 0 Å². The zero-order valence-electron chi connectivity index (χ0n) is 13.9. The molecule has 24 heavy (non-hydrogen) atoms. The molecule has 0 unspecified atom stereocenters. The van der Waals surface area contributed by atoms with Gasteiger partial charge in [0.1, 0.15) is 6.33 Å². The van der Waals surface area contributed by atoms with Crippen LogP contribution in [0.15, 0.2) is 6.33 Å². The molecular weight excluding hydrogens is 318 g/mol. The van der Waals surface area contributed by atoms with Gasteiger partial charge in [0.05, 0.1) is 11.5 Å². The van der Waals surface area contributed by atoms with Gasteiger partial charge in [-0.25, -0.2) is 19.8 Å². The number of anilines is 2. The van der Waals surface area contributed by atoms with E-state index in [2.05, 4.69) is 15.4 Å². The van der Waals surface area contributed by atoms with Crippen molar-refractivity contribution >= 4 is 23.4 Å². The van der Waals surface area contributed by atoms with Crippen molar-refractivity contribution in [1.82, 2.24) is 19.9 Å². The number of aromatic nitrogens is 2. The van der Waals surface area contributed by atoms with Crippen LogP contribution in [0.25, 0.3) is 0 Å². The van der Waals surface area contributed by atoms with E-state index in [0.717, 1.165) is 0 Å². The lowest BCUT2D eigenvalue weighted by Crippen LogP contribution is -2.49. The van der Waals surface area contributed by atoms with Crippen molar-refractivity contribution in [3.8, 4) is 0 Å². The largest absolute Gasteiger partial charge is 0.450 e. The number of nitro groups is 1. The highest BCUT2D eigenvalue weighted by Crippen LogP contribution is 2.32. The monoisotopic (exact) mass is 339 g/mol. The van der Waals surface area contributed by atoms with Crippen LogP contribution in [0.4, 0.5) is 22.1 Å². The number of hydrogen-bond acceptors (Lipinski definition) is 9. The second-order valence-corrected chi connectivity index (χ2v) is 5.33. The lowest BCUT2D eigenvalue weighted by molar-refractivity contribution is -0.383. The quantitative estimate of drug-likeness (QED) is 0.606. The van der Waals surface area contributed by atoms with Crippen molar-refractivity contribution < 1.29 is 14.5 Å². The molecule has 0 spiro atoms.